The highest BCUT2D eigenvalue weighted by molar-refractivity contribution is 6.08. The standard InChI is InChI=1S/C7H12BN3/c1-11-7(4-9)2-6(3-8)5-10-11/h6-7,10H,2-3,5H2,1H3. The lowest BCUT2D eigenvalue weighted by molar-refractivity contribution is 0.121. The second-order valence-electron chi connectivity index (χ2n) is 2.96. The molecule has 0 aromatic carbocycles. The van der Waals surface area contributed by atoms with Gasteiger partial charge in [0, 0.05) is 13.6 Å². The number of hydrogen-bond donors (Lipinski definition) is 1. The summed E-state index contributed by atoms with van der Waals surface area (Å²) in [5.41, 5.74) is 3.11. The quantitative estimate of drug-likeness (QED) is 0.530. The van der Waals surface area contributed by atoms with Gasteiger partial charge in [0.1, 0.15) is 6.04 Å². The number of hydrogen-bond acceptors (Lipinski definition) is 3. The molecule has 2 atom stereocenters. The molecular weight excluding hydrogens is 137 g/mol. The Kier molecular flexibility index (Phi) is 2.92. The first kappa shape index (κ1) is 8.57. The molecule has 2 radical (unpaired) electrons. The van der Waals surface area contributed by atoms with Crippen molar-refractivity contribution in [2.75, 3.05) is 13.6 Å². The average Bonchev–Trinajstić information content (AvgIpc) is 2.05. The molecule has 1 saturated heterocycles. The molecule has 4 heteroatoms. The van der Waals surface area contributed by atoms with E-state index in [9.17, 15) is 0 Å². The van der Waals surface area contributed by atoms with Gasteiger partial charge in [-0.3, -0.25) is 5.43 Å². The van der Waals surface area contributed by atoms with Gasteiger partial charge in [-0.2, -0.15) is 5.26 Å². The van der Waals surface area contributed by atoms with Crippen LogP contribution in [0, 0.1) is 17.2 Å². The summed E-state index contributed by atoms with van der Waals surface area (Å²) < 4.78 is 0. The van der Waals surface area contributed by atoms with E-state index in [4.69, 9.17) is 13.1 Å². The van der Waals surface area contributed by atoms with Gasteiger partial charge in [-0.1, -0.05) is 6.32 Å². The zero-order valence-corrected chi connectivity index (χ0v) is 6.75. The van der Waals surface area contributed by atoms with E-state index in [2.05, 4.69) is 11.5 Å². The van der Waals surface area contributed by atoms with Gasteiger partial charge in [0.2, 0.25) is 0 Å². The topological polar surface area (TPSA) is 39.1 Å². The Labute approximate surface area is 68.7 Å². The summed E-state index contributed by atoms with van der Waals surface area (Å²) in [6.07, 6.45) is 1.55. The highest BCUT2D eigenvalue weighted by Crippen LogP contribution is 2.16. The van der Waals surface area contributed by atoms with Gasteiger partial charge in [-0.05, 0) is 12.3 Å². The van der Waals surface area contributed by atoms with E-state index in [1.165, 1.54) is 0 Å². The molecule has 3 nitrogen and oxygen atoms in total. The lowest BCUT2D eigenvalue weighted by Gasteiger charge is -2.33. The second-order valence-corrected chi connectivity index (χ2v) is 2.96. The second kappa shape index (κ2) is 3.75. The van der Waals surface area contributed by atoms with Gasteiger partial charge >= 0.3 is 0 Å². The van der Waals surface area contributed by atoms with Crippen LogP contribution in [0.25, 0.3) is 0 Å². The van der Waals surface area contributed by atoms with Crippen molar-refractivity contribution >= 4 is 7.85 Å². The average molecular weight is 149 g/mol. The zero-order valence-electron chi connectivity index (χ0n) is 6.75. The van der Waals surface area contributed by atoms with Crippen LogP contribution in [0.4, 0.5) is 0 Å². The fourth-order valence-corrected chi connectivity index (χ4v) is 1.26. The van der Waals surface area contributed by atoms with Crippen LogP contribution in [0.1, 0.15) is 6.42 Å². The molecule has 1 heterocycles. The van der Waals surface area contributed by atoms with E-state index in [1.54, 1.807) is 0 Å². The molecule has 0 aromatic heterocycles. The minimum atomic E-state index is -0.0164. The van der Waals surface area contributed by atoms with Gasteiger partial charge in [-0.25, -0.2) is 5.01 Å². The summed E-state index contributed by atoms with van der Waals surface area (Å²) in [7, 11) is 7.39. The highest BCUT2D eigenvalue weighted by atomic mass is 15.5. The summed E-state index contributed by atoms with van der Waals surface area (Å²) in [4.78, 5) is 0. The van der Waals surface area contributed by atoms with E-state index in [-0.39, 0.29) is 6.04 Å². The number of nitrogens with one attached hydrogen (secondary N) is 1. The van der Waals surface area contributed by atoms with Crippen LogP contribution in [0.5, 0.6) is 0 Å². The lowest BCUT2D eigenvalue weighted by Crippen LogP contribution is -2.50. The monoisotopic (exact) mass is 149 g/mol. The fraction of sp³-hybridized carbons (Fsp3) is 0.857. The maximum absolute atomic E-state index is 8.70. The third-order valence-corrected chi connectivity index (χ3v) is 2.14. The normalized spacial score (nSPS) is 33.1. The third kappa shape index (κ3) is 1.95. The van der Waals surface area contributed by atoms with Crippen molar-refractivity contribution in [2.45, 2.75) is 18.8 Å². The number of rotatable bonds is 1. The van der Waals surface area contributed by atoms with Crippen molar-refractivity contribution in [1.29, 1.82) is 5.26 Å². The van der Waals surface area contributed by atoms with Crippen LogP contribution in [-0.4, -0.2) is 32.5 Å². The first-order chi connectivity index (χ1) is 5.27. The Bertz CT molecular complexity index is 166. The number of hydrazine groups is 1. The minimum absolute atomic E-state index is 0.0164. The van der Waals surface area contributed by atoms with Crippen LogP contribution < -0.4 is 5.43 Å². The van der Waals surface area contributed by atoms with Crippen molar-refractivity contribution < 1.29 is 0 Å². The van der Waals surface area contributed by atoms with Crippen molar-refractivity contribution in [3.63, 3.8) is 0 Å². The van der Waals surface area contributed by atoms with Gasteiger partial charge < -0.3 is 0 Å². The summed E-state index contributed by atoms with van der Waals surface area (Å²) in [5.74, 6) is 0.454. The van der Waals surface area contributed by atoms with Crippen molar-refractivity contribution in [3.05, 3.63) is 0 Å². The summed E-state index contributed by atoms with van der Waals surface area (Å²) in [5, 5.41) is 10.6. The number of nitrogens with zero attached hydrogens (tertiary/aromatic N) is 2. The Hall–Kier alpha value is -0.525. The van der Waals surface area contributed by atoms with Crippen molar-refractivity contribution in [3.8, 4) is 6.07 Å². The predicted octanol–water partition coefficient (Wildman–Crippen LogP) is -0.0783. The van der Waals surface area contributed by atoms with Gasteiger partial charge in [-0.15, -0.1) is 0 Å². The molecule has 0 saturated carbocycles. The Morgan fingerprint density at radius 3 is 3.09 bits per heavy atom. The molecule has 58 valence electrons. The minimum Gasteiger partial charge on any atom is -0.254 e. The van der Waals surface area contributed by atoms with Gasteiger partial charge in [0.15, 0.2) is 0 Å². The first-order valence-electron chi connectivity index (χ1n) is 3.84. The van der Waals surface area contributed by atoms with Crippen LogP contribution >= 0.6 is 0 Å². The first-order valence-corrected chi connectivity index (χ1v) is 3.84. The van der Waals surface area contributed by atoms with E-state index < -0.39 is 0 Å². The Balaban J connectivity index is 2.46. The Morgan fingerprint density at radius 1 is 1.82 bits per heavy atom. The maximum atomic E-state index is 8.70. The highest BCUT2D eigenvalue weighted by Gasteiger charge is 2.23. The molecule has 0 spiro atoms. The maximum Gasteiger partial charge on any atom is 0.111 e. The molecule has 0 aliphatic carbocycles. The predicted molar refractivity (Wildman–Crippen MR) is 43.8 cm³/mol. The van der Waals surface area contributed by atoms with Crippen LogP contribution in [0.2, 0.25) is 6.32 Å². The Morgan fingerprint density at radius 2 is 2.55 bits per heavy atom. The fourth-order valence-electron chi connectivity index (χ4n) is 1.26. The van der Waals surface area contributed by atoms with Gasteiger partial charge in [0.05, 0.1) is 13.9 Å². The zero-order chi connectivity index (χ0) is 8.27. The SMILES string of the molecule is [B]CC1CNN(C)C(C#N)C1. The molecule has 1 aliphatic heterocycles. The van der Waals surface area contributed by atoms with Crippen molar-refractivity contribution in [1.82, 2.24) is 10.4 Å². The van der Waals surface area contributed by atoms with Crippen molar-refractivity contribution in [2.24, 2.45) is 5.92 Å². The molecule has 1 N–H and O–H groups in total. The molecule has 1 rings (SSSR count). The van der Waals surface area contributed by atoms with E-state index in [1.807, 2.05) is 12.1 Å². The lowest BCUT2D eigenvalue weighted by atomic mass is 9.85. The van der Waals surface area contributed by atoms with Gasteiger partial charge in [0.25, 0.3) is 0 Å². The summed E-state index contributed by atoms with van der Waals surface area (Å²) in [6.45, 7) is 0.894. The smallest absolute Gasteiger partial charge is 0.111 e. The third-order valence-electron chi connectivity index (χ3n) is 2.14. The molecule has 0 amide bonds. The van der Waals surface area contributed by atoms with E-state index in [0.29, 0.717) is 12.2 Å². The van der Waals surface area contributed by atoms with Crippen LogP contribution in [-0.2, 0) is 0 Å². The van der Waals surface area contributed by atoms with Crippen LogP contribution in [0.15, 0.2) is 0 Å². The summed E-state index contributed by atoms with van der Waals surface area (Å²) >= 11 is 0. The van der Waals surface area contributed by atoms with E-state index >= 15 is 0 Å². The van der Waals surface area contributed by atoms with E-state index in [0.717, 1.165) is 13.0 Å². The molecule has 0 bridgehead atoms. The van der Waals surface area contributed by atoms with Crippen LogP contribution in [0.3, 0.4) is 0 Å². The summed E-state index contributed by atoms with van der Waals surface area (Å²) in [6, 6.07) is 2.21. The molecule has 1 aliphatic rings. The molecular formula is C7H12BN3. The number of nitriles is 1. The molecule has 11 heavy (non-hydrogen) atoms. The molecule has 0 aromatic rings. The molecule has 2 unspecified atom stereocenters. The molecule has 1 fully saturated rings. The largest absolute Gasteiger partial charge is 0.254 e.